The Kier molecular flexibility index (Phi) is 5.07. The first-order chi connectivity index (χ1) is 12.3. The molecule has 2 aromatic rings. The van der Waals surface area contributed by atoms with Crippen LogP contribution in [0.2, 0.25) is 0 Å². The molecule has 1 aliphatic rings. The van der Waals surface area contributed by atoms with E-state index in [9.17, 15) is 13.2 Å². The number of carbonyl (C=O) groups is 1. The van der Waals surface area contributed by atoms with Crippen molar-refractivity contribution < 1.29 is 17.9 Å². The van der Waals surface area contributed by atoms with Crippen molar-refractivity contribution in [3.8, 4) is 0 Å². The number of methoxy groups -OCH3 is 1. The summed E-state index contributed by atoms with van der Waals surface area (Å²) in [6.07, 6.45) is 4.45. The summed E-state index contributed by atoms with van der Waals surface area (Å²) >= 11 is 0. The number of imidazole rings is 1. The van der Waals surface area contributed by atoms with E-state index in [4.69, 9.17) is 4.74 Å². The highest BCUT2D eigenvalue weighted by atomic mass is 32.2. The Bertz CT molecular complexity index is 885. The number of ether oxygens (including phenoxy) is 1. The van der Waals surface area contributed by atoms with Crippen LogP contribution in [0, 0.1) is 0 Å². The van der Waals surface area contributed by atoms with E-state index in [1.165, 1.54) is 26.4 Å². The predicted molar refractivity (Wildman–Crippen MR) is 89.9 cm³/mol. The Balaban J connectivity index is 1.61. The lowest BCUT2D eigenvalue weighted by Gasteiger charge is -2.36. The third-order valence-electron chi connectivity index (χ3n) is 4.20. The highest BCUT2D eigenvalue weighted by Crippen LogP contribution is 2.27. The molecule has 26 heavy (non-hydrogen) atoms. The van der Waals surface area contributed by atoms with E-state index < -0.39 is 10.0 Å². The highest BCUT2D eigenvalue weighted by molar-refractivity contribution is 7.89. The minimum atomic E-state index is -3.60. The second-order valence-corrected chi connectivity index (χ2v) is 8.04. The monoisotopic (exact) mass is 383 g/mol. The number of likely N-dealkylation sites (N-methyl/N-ethyl adjacent to an activating group) is 1. The van der Waals surface area contributed by atoms with Crippen LogP contribution in [-0.4, -0.2) is 88.5 Å². The number of hydrogen-bond donors (Lipinski definition) is 0. The van der Waals surface area contributed by atoms with Crippen LogP contribution in [0.1, 0.15) is 16.5 Å². The van der Waals surface area contributed by atoms with Gasteiger partial charge in [0.25, 0.3) is 15.9 Å². The first-order valence-corrected chi connectivity index (χ1v) is 9.41. The molecule has 0 N–H and O–H groups in total. The molecule has 1 saturated heterocycles. The van der Waals surface area contributed by atoms with E-state index in [1.807, 2.05) is 0 Å². The molecular weight excluding hydrogens is 362 g/mol. The molecule has 11 nitrogen and oxygen atoms in total. The average molecular weight is 383 g/mol. The molecule has 1 fully saturated rings. The molecule has 3 heterocycles. The quantitative estimate of drug-likeness (QED) is 0.601. The van der Waals surface area contributed by atoms with Crippen LogP contribution in [-0.2, 0) is 21.8 Å². The maximum absolute atomic E-state index is 12.4. The van der Waals surface area contributed by atoms with Gasteiger partial charge in [-0.3, -0.25) is 4.79 Å². The Morgan fingerprint density at radius 3 is 2.73 bits per heavy atom. The van der Waals surface area contributed by atoms with E-state index in [2.05, 4.69) is 15.3 Å². The van der Waals surface area contributed by atoms with Gasteiger partial charge in [-0.25, -0.2) is 18.1 Å². The SMILES string of the molecule is COCCN(C)C(=O)c1cn(C2CN(S(=O)(=O)c3cn(C)cn3)C2)nn1. The second-order valence-electron chi connectivity index (χ2n) is 6.16. The van der Waals surface area contributed by atoms with Crippen LogP contribution in [0.5, 0.6) is 0 Å². The summed E-state index contributed by atoms with van der Waals surface area (Å²) in [5, 5.41) is 7.88. The molecule has 0 bridgehead atoms. The highest BCUT2D eigenvalue weighted by Gasteiger charge is 2.39. The zero-order chi connectivity index (χ0) is 18.9. The van der Waals surface area contributed by atoms with Gasteiger partial charge in [-0.05, 0) is 0 Å². The number of hydrogen-bond acceptors (Lipinski definition) is 7. The maximum Gasteiger partial charge on any atom is 0.275 e. The van der Waals surface area contributed by atoms with E-state index in [0.717, 1.165) is 0 Å². The lowest BCUT2D eigenvalue weighted by Crippen LogP contribution is -2.50. The topological polar surface area (TPSA) is 115 Å². The molecular formula is C14H21N7O4S. The molecule has 1 amide bonds. The Morgan fingerprint density at radius 2 is 2.12 bits per heavy atom. The smallest absolute Gasteiger partial charge is 0.275 e. The van der Waals surface area contributed by atoms with Crippen molar-refractivity contribution in [1.82, 2.24) is 33.8 Å². The standard InChI is InChI=1S/C14H21N7O4S/c1-18-9-13(15-10-18)26(23,24)20-6-11(7-20)21-8-12(16-17-21)14(22)19(2)4-5-25-3/h8-11H,4-7H2,1-3H3. The molecule has 1 aliphatic heterocycles. The third kappa shape index (κ3) is 3.48. The largest absolute Gasteiger partial charge is 0.383 e. The van der Waals surface area contributed by atoms with Crippen LogP contribution in [0.25, 0.3) is 0 Å². The molecule has 3 rings (SSSR count). The predicted octanol–water partition coefficient (Wildman–Crippen LogP) is -1.02. The van der Waals surface area contributed by atoms with E-state index in [-0.39, 0.29) is 35.8 Å². The van der Waals surface area contributed by atoms with Gasteiger partial charge in [0.2, 0.25) is 0 Å². The van der Waals surface area contributed by atoms with Gasteiger partial charge < -0.3 is 14.2 Å². The minimum Gasteiger partial charge on any atom is -0.383 e. The first-order valence-electron chi connectivity index (χ1n) is 7.97. The normalized spacial score (nSPS) is 15.8. The molecule has 0 saturated carbocycles. The van der Waals surface area contributed by atoms with Crippen molar-refractivity contribution in [3.63, 3.8) is 0 Å². The average Bonchev–Trinajstić information content (AvgIpc) is 3.20. The summed E-state index contributed by atoms with van der Waals surface area (Å²) in [6, 6.07) is -0.160. The van der Waals surface area contributed by atoms with Crippen molar-refractivity contribution >= 4 is 15.9 Å². The number of sulfonamides is 1. The van der Waals surface area contributed by atoms with E-state index in [1.54, 1.807) is 32.0 Å². The van der Waals surface area contributed by atoms with Crippen molar-refractivity contribution in [3.05, 3.63) is 24.4 Å². The molecule has 0 atom stereocenters. The molecule has 2 aromatic heterocycles. The minimum absolute atomic E-state index is 0.0210. The fraction of sp³-hybridized carbons (Fsp3) is 0.571. The first kappa shape index (κ1) is 18.5. The van der Waals surface area contributed by atoms with Gasteiger partial charge in [-0.2, -0.15) is 4.31 Å². The molecule has 142 valence electrons. The van der Waals surface area contributed by atoms with Crippen LogP contribution >= 0.6 is 0 Å². The van der Waals surface area contributed by atoms with Crippen LogP contribution in [0.3, 0.4) is 0 Å². The van der Waals surface area contributed by atoms with Gasteiger partial charge in [0, 0.05) is 47.0 Å². The Hall–Kier alpha value is -2.31. The van der Waals surface area contributed by atoms with Gasteiger partial charge in [-0.15, -0.1) is 5.10 Å². The van der Waals surface area contributed by atoms with E-state index in [0.29, 0.717) is 13.2 Å². The number of rotatable bonds is 7. The molecule has 0 spiro atoms. The third-order valence-corrected chi connectivity index (χ3v) is 5.91. The molecule has 0 radical (unpaired) electrons. The molecule has 0 aliphatic carbocycles. The Labute approximate surface area is 151 Å². The van der Waals surface area contributed by atoms with Crippen molar-refractivity contribution in [2.75, 3.05) is 40.4 Å². The van der Waals surface area contributed by atoms with Gasteiger partial charge in [0.1, 0.15) is 0 Å². The van der Waals surface area contributed by atoms with Crippen LogP contribution < -0.4 is 0 Å². The Morgan fingerprint density at radius 1 is 1.38 bits per heavy atom. The number of aromatic nitrogens is 5. The van der Waals surface area contributed by atoms with Crippen LogP contribution in [0.4, 0.5) is 0 Å². The van der Waals surface area contributed by atoms with Gasteiger partial charge in [0.15, 0.2) is 10.7 Å². The zero-order valence-corrected chi connectivity index (χ0v) is 15.6. The lowest BCUT2D eigenvalue weighted by atomic mass is 10.2. The van der Waals surface area contributed by atoms with Crippen LogP contribution in [0.15, 0.2) is 23.7 Å². The lowest BCUT2D eigenvalue weighted by molar-refractivity contribution is 0.0738. The summed E-state index contributed by atoms with van der Waals surface area (Å²) in [6.45, 7) is 1.39. The summed E-state index contributed by atoms with van der Waals surface area (Å²) in [5.74, 6) is -0.259. The number of carbonyl (C=O) groups excluding carboxylic acids is 1. The number of amides is 1. The van der Waals surface area contributed by atoms with Crippen molar-refractivity contribution in [1.29, 1.82) is 0 Å². The summed E-state index contributed by atoms with van der Waals surface area (Å²) < 4.78 is 34.3. The van der Waals surface area contributed by atoms with Gasteiger partial charge in [-0.1, -0.05) is 5.21 Å². The summed E-state index contributed by atoms with van der Waals surface area (Å²) in [4.78, 5) is 17.6. The zero-order valence-electron chi connectivity index (χ0n) is 14.8. The fourth-order valence-electron chi connectivity index (χ4n) is 2.51. The second kappa shape index (κ2) is 7.13. The number of aryl methyl sites for hydroxylation is 1. The van der Waals surface area contributed by atoms with Gasteiger partial charge >= 0.3 is 0 Å². The fourth-order valence-corrected chi connectivity index (χ4v) is 3.99. The van der Waals surface area contributed by atoms with Crippen molar-refractivity contribution in [2.45, 2.75) is 11.1 Å². The van der Waals surface area contributed by atoms with E-state index >= 15 is 0 Å². The molecule has 0 unspecified atom stereocenters. The van der Waals surface area contributed by atoms with Gasteiger partial charge in [0.05, 0.1) is 25.2 Å². The van der Waals surface area contributed by atoms with Crippen molar-refractivity contribution in [2.24, 2.45) is 7.05 Å². The summed E-state index contributed by atoms with van der Waals surface area (Å²) in [7, 11) is 1.33. The maximum atomic E-state index is 12.4. The summed E-state index contributed by atoms with van der Waals surface area (Å²) in [5.41, 5.74) is 0.217. The molecule has 0 aromatic carbocycles. The molecule has 12 heteroatoms. The number of nitrogens with zero attached hydrogens (tertiary/aromatic N) is 7.